The first-order chi connectivity index (χ1) is 20.3. The third-order valence-corrected chi connectivity index (χ3v) is 9.09. The molecule has 1 fully saturated rings. The molecule has 0 aliphatic carbocycles. The van der Waals surface area contributed by atoms with Gasteiger partial charge in [-0.1, -0.05) is 35.9 Å². The van der Waals surface area contributed by atoms with Gasteiger partial charge in [-0.15, -0.1) is 11.3 Å². The predicted molar refractivity (Wildman–Crippen MR) is 165 cm³/mol. The summed E-state index contributed by atoms with van der Waals surface area (Å²) in [6, 6.07) is 17.3. The molecule has 2 aromatic carbocycles. The van der Waals surface area contributed by atoms with Crippen LogP contribution in [0.5, 0.6) is 5.75 Å². The average Bonchev–Trinajstić information content (AvgIpc) is 3.55. The number of benzene rings is 2. The van der Waals surface area contributed by atoms with Crippen LogP contribution in [0.1, 0.15) is 41.1 Å². The number of carbonyl (C=O) groups excluding carboxylic acids is 1. The van der Waals surface area contributed by atoms with Crippen molar-refractivity contribution in [3.8, 4) is 21.9 Å². The predicted octanol–water partition coefficient (Wildman–Crippen LogP) is 6.69. The summed E-state index contributed by atoms with van der Waals surface area (Å²) < 4.78 is 23.4. The summed E-state index contributed by atoms with van der Waals surface area (Å²) in [5.74, 6) is -0.806. The van der Waals surface area contributed by atoms with E-state index in [1.54, 1.807) is 29.7 Å². The Kier molecular flexibility index (Phi) is 7.85. The van der Waals surface area contributed by atoms with Crippen molar-refractivity contribution in [1.29, 1.82) is 0 Å². The molecule has 0 saturated carbocycles. The maximum absolute atomic E-state index is 15.9. The highest BCUT2D eigenvalue weighted by molar-refractivity contribution is 7.16. The summed E-state index contributed by atoms with van der Waals surface area (Å²) in [4.78, 5) is 23.8. The van der Waals surface area contributed by atoms with Crippen molar-refractivity contribution in [1.82, 2.24) is 19.4 Å². The van der Waals surface area contributed by atoms with Crippen molar-refractivity contribution in [3.05, 3.63) is 88.4 Å². The van der Waals surface area contributed by atoms with Crippen LogP contribution in [0, 0.1) is 5.82 Å². The smallest absolute Gasteiger partial charge is 0.262 e. The van der Waals surface area contributed by atoms with E-state index in [0.29, 0.717) is 27.7 Å². The molecule has 1 aliphatic rings. The minimum atomic E-state index is -0.778. The Morgan fingerprint density at radius 1 is 1.14 bits per heavy atom. The lowest BCUT2D eigenvalue weighted by molar-refractivity contribution is 0.0997. The van der Waals surface area contributed by atoms with Crippen LogP contribution >= 0.6 is 22.9 Å². The lowest BCUT2D eigenvalue weighted by Crippen LogP contribution is -2.36. The highest BCUT2D eigenvalue weighted by Gasteiger charge is 2.27. The van der Waals surface area contributed by atoms with E-state index in [0.717, 1.165) is 54.2 Å². The lowest BCUT2D eigenvalue weighted by atomic mass is 10.1. The SMILES string of the molecule is C[C@@H](Oc1c(C(N)=O)sc(-n2cnc3cc(-c4ccc(NC5CCN(C)CC5)nc4)ccc32)c1F)c1ccccc1Cl. The number of fused-ring (bicyclic) bond motifs is 1. The van der Waals surface area contributed by atoms with Crippen LogP contribution in [0.3, 0.4) is 0 Å². The van der Waals surface area contributed by atoms with E-state index in [-0.39, 0.29) is 15.6 Å². The molecule has 1 atom stereocenters. The standard InChI is InChI=1S/C31H30ClFN6O2S/c1-18(22-5-3-4-6-23(22)32)41-28-27(33)31(42-29(28)30(34)40)39-17-36-24-15-19(7-9-25(24)39)20-8-10-26(35-16-20)37-21-11-13-38(2)14-12-21/h3-10,15-18,21H,11-14H2,1-2H3,(H2,34,40)(H,35,37)/t18-/m1/s1. The molecular formula is C31H30ClFN6O2S. The first-order valence-corrected chi connectivity index (χ1v) is 14.9. The number of rotatable bonds is 8. The number of carbonyl (C=O) groups is 1. The van der Waals surface area contributed by atoms with Gasteiger partial charge in [0, 0.05) is 28.4 Å². The normalized spacial score (nSPS) is 15.1. The molecule has 1 amide bonds. The molecule has 42 heavy (non-hydrogen) atoms. The Hall–Kier alpha value is -3.99. The molecule has 6 rings (SSSR count). The second-order valence-electron chi connectivity index (χ2n) is 10.5. The van der Waals surface area contributed by atoms with Crippen LogP contribution in [-0.2, 0) is 0 Å². The monoisotopic (exact) mass is 604 g/mol. The molecule has 0 spiro atoms. The van der Waals surface area contributed by atoms with Gasteiger partial charge in [-0.3, -0.25) is 9.36 Å². The maximum Gasteiger partial charge on any atom is 0.262 e. The van der Waals surface area contributed by atoms with Gasteiger partial charge >= 0.3 is 0 Å². The van der Waals surface area contributed by atoms with Crippen LogP contribution in [0.2, 0.25) is 5.02 Å². The number of thiophene rings is 1. The second kappa shape index (κ2) is 11.7. The number of nitrogens with two attached hydrogens (primary N) is 1. The van der Waals surface area contributed by atoms with Gasteiger partial charge in [-0.05, 0) is 75.8 Å². The number of piperidine rings is 1. The van der Waals surface area contributed by atoms with Gasteiger partial charge in [-0.25, -0.2) is 9.97 Å². The fraction of sp³-hybridized carbons (Fsp3) is 0.258. The molecule has 0 unspecified atom stereocenters. The topological polar surface area (TPSA) is 98.3 Å². The molecular weight excluding hydrogens is 575 g/mol. The highest BCUT2D eigenvalue weighted by Crippen LogP contribution is 2.40. The number of imidazole rings is 1. The van der Waals surface area contributed by atoms with E-state index in [1.807, 2.05) is 42.6 Å². The van der Waals surface area contributed by atoms with Gasteiger partial charge in [0.2, 0.25) is 5.82 Å². The van der Waals surface area contributed by atoms with Gasteiger partial charge in [-0.2, -0.15) is 4.39 Å². The van der Waals surface area contributed by atoms with Crippen molar-refractivity contribution < 1.29 is 13.9 Å². The summed E-state index contributed by atoms with van der Waals surface area (Å²) in [6.07, 6.45) is 4.95. The highest BCUT2D eigenvalue weighted by atomic mass is 35.5. The van der Waals surface area contributed by atoms with Crippen LogP contribution in [0.15, 0.2) is 67.1 Å². The van der Waals surface area contributed by atoms with Crippen molar-refractivity contribution in [2.45, 2.75) is 31.9 Å². The van der Waals surface area contributed by atoms with Crippen molar-refractivity contribution >= 4 is 45.7 Å². The lowest BCUT2D eigenvalue weighted by Gasteiger charge is -2.29. The zero-order chi connectivity index (χ0) is 29.4. The van der Waals surface area contributed by atoms with Gasteiger partial charge in [0.25, 0.3) is 5.91 Å². The first-order valence-electron chi connectivity index (χ1n) is 13.7. The van der Waals surface area contributed by atoms with Crippen LogP contribution < -0.4 is 15.8 Å². The molecule has 5 aromatic rings. The van der Waals surface area contributed by atoms with Crippen LogP contribution in [-0.4, -0.2) is 51.5 Å². The molecule has 0 radical (unpaired) electrons. The summed E-state index contributed by atoms with van der Waals surface area (Å²) in [7, 11) is 2.15. The number of anilines is 1. The minimum absolute atomic E-state index is 0.0140. The number of likely N-dealkylation sites (tertiary alicyclic amines) is 1. The third kappa shape index (κ3) is 5.57. The summed E-state index contributed by atoms with van der Waals surface area (Å²) in [5.41, 5.74) is 9.52. The number of hydrogen-bond acceptors (Lipinski definition) is 7. The number of pyridine rings is 1. The van der Waals surface area contributed by atoms with E-state index in [4.69, 9.17) is 22.1 Å². The number of hydrogen-bond donors (Lipinski definition) is 2. The van der Waals surface area contributed by atoms with Crippen LogP contribution in [0.25, 0.3) is 27.2 Å². The van der Waals surface area contributed by atoms with E-state index in [1.165, 1.54) is 6.33 Å². The summed E-state index contributed by atoms with van der Waals surface area (Å²) in [5, 5.41) is 4.18. The Balaban J connectivity index is 1.25. The van der Waals surface area contributed by atoms with Gasteiger partial charge < -0.3 is 20.7 Å². The minimum Gasteiger partial charge on any atom is -0.481 e. The molecule has 3 N–H and O–H groups in total. The maximum atomic E-state index is 15.9. The Morgan fingerprint density at radius 2 is 1.90 bits per heavy atom. The molecule has 0 bridgehead atoms. The molecule has 1 aliphatic heterocycles. The number of nitrogens with one attached hydrogen (secondary N) is 1. The third-order valence-electron chi connectivity index (χ3n) is 7.59. The van der Waals surface area contributed by atoms with Gasteiger partial charge in [0.05, 0.1) is 11.0 Å². The fourth-order valence-electron chi connectivity index (χ4n) is 5.22. The molecule has 1 saturated heterocycles. The van der Waals surface area contributed by atoms with E-state index >= 15 is 4.39 Å². The van der Waals surface area contributed by atoms with Crippen molar-refractivity contribution in [2.75, 3.05) is 25.5 Å². The Labute approximate surface area is 251 Å². The fourth-order valence-corrected chi connectivity index (χ4v) is 6.46. The summed E-state index contributed by atoms with van der Waals surface area (Å²) in [6.45, 7) is 3.90. The van der Waals surface area contributed by atoms with Crippen LogP contribution in [0.4, 0.5) is 10.2 Å². The number of aromatic nitrogens is 3. The number of nitrogens with zero attached hydrogens (tertiary/aromatic N) is 4. The number of amides is 1. The zero-order valence-electron chi connectivity index (χ0n) is 23.2. The van der Waals surface area contributed by atoms with E-state index in [9.17, 15) is 4.79 Å². The van der Waals surface area contributed by atoms with Gasteiger partial charge in [0.15, 0.2) is 5.75 Å². The molecule has 11 heteroatoms. The quantitative estimate of drug-likeness (QED) is 0.205. The molecule has 8 nitrogen and oxygen atoms in total. The average molecular weight is 605 g/mol. The molecule has 216 valence electrons. The zero-order valence-corrected chi connectivity index (χ0v) is 24.8. The molecule has 4 heterocycles. The number of primary amides is 1. The Morgan fingerprint density at radius 3 is 2.62 bits per heavy atom. The van der Waals surface area contributed by atoms with Crippen molar-refractivity contribution in [2.24, 2.45) is 5.73 Å². The Bertz CT molecular complexity index is 1750. The summed E-state index contributed by atoms with van der Waals surface area (Å²) >= 11 is 7.22. The second-order valence-corrected chi connectivity index (χ2v) is 11.9. The molecule has 3 aromatic heterocycles. The van der Waals surface area contributed by atoms with Crippen molar-refractivity contribution in [3.63, 3.8) is 0 Å². The number of ether oxygens (including phenoxy) is 1. The van der Waals surface area contributed by atoms with Gasteiger partial charge in [0.1, 0.15) is 28.1 Å². The van der Waals surface area contributed by atoms with E-state index in [2.05, 4.69) is 27.2 Å². The number of halogens is 2. The first kappa shape index (κ1) is 28.1. The van der Waals surface area contributed by atoms with E-state index < -0.39 is 17.8 Å². The largest absolute Gasteiger partial charge is 0.481 e.